The van der Waals surface area contributed by atoms with E-state index >= 15 is 0 Å². The molecule has 1 aliphatic rings. The van der Waals surface area contributed by atoms with Crippen LogP contribution in [0.25, 0.3) is 0 Å². The van der Waals surface area contributed by atoms with Crippen molar-refractivity contribution in [1.82, 2.24) is 0 Å². The Kier molecular flexibility index (Phi) is 6.26. The minimum absolute atomic E-state index is 0.000163. The highest BCUT2D eigenvalue weighted by molar-refractivity contribution is 6.55. The van der Waals surface area contributed by atoms with E-state index in [9.17, 15) is 19.8 Å². The Balaban J connectivity index is 2.61. The quantitative estimate of drug-likeness (QED) is 0.309. The molecule has 2 unspecified atom stereocenters. The molecule has 1 aliphatic carbocycles. The maximum absolute atomic E-state index is 11.7. The van der Waals surface area contributed by atoms with E-state index in [-0.39, 0.29) is 31.6 Å². The number of carboxylic acids is 2. The summed E-state index contributed by atoms with van der Waals surface area (Å²) in [6.07, 6.45) is 1.87. The fourth-order valence-corrected chi connectivity index (χ4v) is 3.68. The molecule has 0 saturated carbocycles. The fourth-order valence-electron chi connectivity index (χ4n) is 2.00. The maximum atomic E-state index is 11.7. The molecule has 1 aromatic rings. The first-order chi connectivity index (χ1) is 11.9. The molecular weight excluding hydrogens is 496 g/mol. The van der Waals surface area contributed by atoms with Crippen molar-refractivity contribution in [3.8, 4) is 5.75 Å². The van der Waals surface area contributed by atoms with Gasteiger partial charge >= 0.3 is 11.9 Å². The smallest absolute Gasteiger partial charge is 0.333 e. The molecule has 0 spiro atoms. The lowest BCUT2D eigenvalue weighted by atomic mass is 9.85. The zero-order valence-corrected chi connectivity index (χ0v) is 17.3. The molecule has 0 aromatic heterocycles. The summed E-state index contributed by atoms with van der Waals surface area (Å²) in [5.41, 5.74) is 0. The van der Waals surface area contributed by atoms with Gasteiger partial charge in [0.2, 0.25) is 4.87 Å². The molecule has 5 nitrogen and oxygen atoms in total. The van der Waals surface area contributed by atoms with E-state index in [2.05, 4.69) is 0 Å². The van der Waals surface area contributed by atoms with Crippen LogP contribution in [0.4, 0.5) is 0 Å². The summed E-state index contributed by atoms with van der Waals surface area (Å²) in [5.74, 6) is -3.96. The van der Waals surface area contributed by atoms with Crippen molar-refractivity contribution in [2.24, 2.45) is 0 Å². The highest BCUT2D eigenvalue weighted by atomic mass is 35.5. The first-order valence-electron chi connectivity index (χ1n) is 6.32. The van der Waals surface area contributed by atoms with Crippen molar-refractivity contribution >= 4 is 93.1 Å². The molecule has 140 valence electrons. The van der Waals surface area contributed by atoms with Crippen LogP contribution >= 0.6 is 81.2 Å². The molecule has 0 saturated heterocycles. The van der Waals surface area contributed by atoms with Gasteiger partial charge in [0, 0.05) is 6.07 Å². The van der Waals surface area contributed by atoms with Gasteiger partial charge < -0.3 is 14.9 Å². The Morgan fingerprint density at radius 2 is 1.50 bits per heavy atom. The number of halogens is 7. The van der Waals surface area contributed by atoms with Crippen LogP contribution in [0.15, 0.2) is 29.0 Å². The van der Waals surface area contributed by atoms with Crippen LogP contribution in [0.3, 0.4) is 0 Å². The highest BCUT2D eigenvalue weighted by Gasteiger charge is 2.64. The van der Waals surface area contributed by atoms with Crippen molar-refractivity contribution in [2.75, 3.05) is 0 Å². The molecule has 0 amide bonds. The number of aliphatic carboxylic acids is 2. The minimum atomic E-state index is -2.75. The van der Waals surface area contributed by atoms with Crippen LogP contribution < -0.4 is 4.74 Å². The Hall–Kier alpha value is -0.530. The van der Waals surface area contributed by atoms with E-state index in [1.165, 1.54) is 6.07 Å². The molecule has 2 N–H and O–H groups in total. The molecular formula is C14H5Cl7O5. The van der Waals surface area contributed by atoms with Crippen molar-refractivity contribution in [1.29, 1.82) is 0 Å². The zero-order chi connectivity index (χ0) is 20.0. The summed E-state index contributed by atoms with van der Waals surface area (Å²) < 4.78 is 5.44. The second-order valence-electron chi connectivity index (χ2n) is 4.89. The van der Waals surface area contributed by atoms with Gasteiger partial charge in [-0.15, -0.1) is 0 Å². The van der Waals surface area contributed by atoms with E-state index in [1.54, 1.807) is 0 Å². The molecule has 0 aliphatic heterocycles. The van der Waals surface area contributed by atoms with Crippen LogP contribution in [0, 0.1) is 0 Å². The molecule has 0 fully saturated rings. The minimum Gasteiger partial charge on any atom is -0.480 e. The average molecular weight is 501 g/mol. The number of rotatable bonds is 4. The monoisotopic (exact) mass is 498 g/mol. The standard InChI is InChI=1S/C14H5Cl7O5/c15-4-3-6(8(17)9(18)7(4)16)26-5-1-2-13(20,11(22)23)14(21,10(5)19)12(24)25/h1-3H,(H,22,23)(H,24,25). The van der Waals surface area contributed by atoms with E-state index in [4.69, 9.17) is 85.9 Å². The number of alkyl halides is 2. The molecule has 0 bridgehead atoms. The van der Waals surface area contributed by atoms with Gasteiger partial charge in [-0.3, -0.25) is 0 Å². The number of benzene rings is 1. The Morgan fingerprint density at radius 3 is 2.00 bits per heavy atom. The first kappa shape index (κ1) is 21.8. The molecule has 0 heterocycles. The van der Waals surface area contributed by atoms with Crippen LogP contribution in [0.2, 0.25) is 20.1 Å². The number of hydrogen-bond acceptors (Lipinski definition) is 3. The number of carbonyl (C=O) groups is 2. The van der Waals surface area contributed by atoms with Crippen LogP contribution in [0.1, 0.15) is 0 Å². The summed E-state index contributed by atoms with van der Waals surface area (Å²) in [4.78, 5) is 17.8. The highest BCUT2D eigenvalue weighted by Crippen LogP contribution is 2.50. The molecule has 2 atom stereocenters. The predicted octanol–water partition coefficient (Wildman–Crippen LogP) is 5.82. The SMILES string of the molecule is O=C(O)C1(Cl)C=CC(Oc2cc(Cl)c(Cl)c(Cl)c2Cl)=C(Cl)C1(Cl)C(=O)O. The van der Waals surface area contributed by atoms with Crippen LogP contribution in [-0.4, -0.2) is 31.9 Å². The van der Waals surface area contributed by atoms with Crippen molar-refractivity contribution in [3.63, 3.8) is 0 Å². The third kappa shape index (κ3) is 3.24. The van der Waals surface area contributed by atoms with Gasteiger partial charge in [0.1, 0.15) is 16.5 Å². The Bertz CT molecular complexity index is 881. The summed E-state index contributed by atoms with van der Waals surface area (Å²) >= 11 is 41.6. The largest absolute Gasteiger partial charge is 0.480 e. The van der Waals surface area contributed by atoms with Gasteiger partial charge in [-0.05, 0) is 12.2 Å². The average Bonchev–Trinajstić information content (AvgIpc) is 2.57. The Morgan fingerprint density at radius 1 is 0.923 bits per heavy atom. The normalized spacial score (nSPS) is 25.3. The molecule has 26 heavy (non-hydrogen) atoms. The molecule has 12 heteroatoms. The van der Waals surface area contributed by atoms with Gasteiger partial charge in [-0.2, -0.15) is 0 Å². The van der Waals surface area contributed by atoms with E-state index < -0.39 is 26.7 Å². The first-order valence-corrected chi connectivity index (χ1v) is 8.97. The second-order valence-corrected chi connectivity index (χ2v) is 7.97. The third-order valence-electron chi connectivity index (χ3n) is 3.38. The van der Waals surface area contributed by atoms with E-state index in [1.807, 2.05) is 0 Å². The summed E-state index contributed by atoms with van der Waals surface area (Å²) in [5, 5.41) is 17.8. The Labute approximate surface area is 181 Å². The number of ether oxygens (including phenoxy) is 1. The van der Waals surface area contributed by atoms with Crippen molar-refractivity contribution < 1.29 is 24.5 Å². The maximum Gasteiger partial charge on any atom is 0.333 e. The van der Waals surface area contributed by atoms with Crippen LogP contribution in [0.5, 0.6) is 5.75 Å². The topological polar surface area (TPSA) is 83.8 Å². The lowest BCUT2D eigenvalue weighted by molar-refractivity contribution is -0.147. The predicted molar refractivity (Wildman–Crippen MR) is 102 cm³/mol. The molecule has 0 radical (unpaired) electrons. The summed E-state index contributed by atoms with van der Waals surface area (Å²) in [6, 6.07) is 1.21. The van der Waals surface area contributed by atoms with Gasteiger partial charge in [-0.1, -0.05) is 81.2 Å². The fraction of sp³-hybridized carbons (Fsp3) is 0.143. The van der Waals surface area contributed by atoms with Gasteiger partial charge in [0.25, 0.3) is 0 Å². The van der Waals surface area contributed by atoms with Crippen molar-refractivity contribution in [2.45, 2.75) is 9.75 Å². The third-order valence-corrected chi connectivity index (χ3v) is 7.00. The van der Waals surface area contributed by atoms with E-state index in [0.29, 0.717) is 0 Å². The van der Waals surface area contributed by atoms with Gasteiger partial charge in [0.15, 0.2) is 4.87 Å². The lowest BCUT2D eigenvalue weighted by Crippen LogP contribution is -2.57. The van der Waals surface area contributed by atoms with Crippen LogP contribution in [-0.2, 0) is 9.59 Å². The summed E-state index contributed by atoms with van der Waals surface area (Å²) in [7, 11) is 0. The second kappa shape index (κ2) is 7.47. The molecule has 2 rings (SSSR count). The van der Waals surface area contributed by atoms with Gasteiger partial charge in [-0.25, -0.2) is 9.59 Å². The lowest BCUT2D eigenvalue weighted by Gasteiger charge is -2.36. The van der Waals surface area contributed by atoms with E-state index in [0.717, 1.165) is 12.2 Å². The zero-order valence-electron chi connectivity index (χ0n) is 12.0. The molecule has 1 aromatic carbocycles. The number of hydrogen-bond donors (Lipinski definition) is 2. The number of allylic oxidation sites excluding steroid dienone is 1. The number of carboxylic acid groups (broad SMARTS) is 2. The summed E-state index contributed by atoms with van der Waals surface area (Å²) in [6.45, 7) is 0. The van der Waals surface area contributed by atoms with Crippen molar-refractivity contribution in [3.05, 3.63) is 49.1 Å². The van der Waals surface area contributed by atoms with Gasteiger partial charge in [0.05, 0.1) is 20.1 Å².